The zero-order valence-corrected chi connectivity index (χ0v) is 14.8. The van der Waals surface area contributed by atoms with Crippen LogP contribution in [0.4, 0.5) is 13.6 Å². The normalized spacial score (nSPS) is 15.5. The minimum Gasteiger partial charge on any atom is -0.350 e. The van der Waals surface area contributed by atoms with Crippen LogP contribution in [-0.4, -0.2) is 35.0 Å². The van der Waals surface area contributed by atoms with Gasteiger partial charge in [0.05, 0.1) is 10.5 Å². The highest BCUT2D eigenvalue weighted by Crippen LogP contribution is 2.31. The van der Waals surface area contributed by atoms with E-state index in [0.29, 0.717) is 5.56 Å². The van der Waals surface area contributed by atoms with Crippen LogP contribution < -0.4 is 5.32 Å². The number of imide groups is 1. The summed E-state index contributed by atoms with van der Waals surface area (Å²) in [5, 5.41) is 2.02. The molecule has 5 nitrogen and oxygen atoms in total. The Kier molecular flexibility index (Phi) is 5.66. The second-order valence-corrected chi connectivity index (χ2v) is 6.61. The Labute approximate surface area is 158 Å². The van der Waals surface area contributed by atoms with Crippen molar-refractivity contribution in [3.63, 3.8) is 0 Å². The van der Waals surface area contributed by atoms with Crippen molar-refractivity contribution in [3.05, 3.63) is 76.2 Å². The molecule has 8 heteroatoms. The van der Waals surface area contributed by atoms with Crippen LogP contribution in [0.5, 0.6) is 0 Å². The summed E-state index contributed by atoms with van der Waals surface area (Å²) >= 11 is 0.771. The van der Waals surface area contributed by atoms with E-state index in [4.69, 9.17) is 0 Å². The second kappa shape index (κ2) is 8.13. The fourth-order valence-corrected chi connectivity index (χ4v) is 3.29. The van der Waals surface area contributed by atoms with Crippen molar-refractivity contribution < 1.29 is 23.2 Å². The Morgan fingerprint density at radius 3 is 2.48 bits per heavy atom. The van der Waals surface area contributed by atoms with E-state index >= 15 is 0 Å². The molecule has 0 aromatic heterocycles. The predicted octanol–water partition coefficient (Wildman–Crippen LogP) is 3.43. The van der Waals surface area contributed by atoms with Gasteiger partial charge < -0.3 is 5.32 Å². The molecular formula is C19H14F2N2O3S. The van der Waals surface area contributed by atoms with Gasteiger partial charge in [-0.2, -0.15) is 0 Å². The number of nitrogens with one attached hydrogen (secondary N) is 1. The van der Waals surface area contributed by atoms with E-state index in [-0.39, 0.29) is 23.6 Å². The zero-order chi connectivity index (χ0) is 19.4. The highest BCUT2D eigenvalue weighted by atomic mass is 32.2. The van der Waals surface area contributed by atoms with E-state index in [1.807, 2.05) is 0 Å². The highest BCUT2D eigenvalue weighted by Gasteiger charge is 2.34. The van der Waals surface area contributed by atoms with Gasteiger partial charge in [-0.3, -0.25) is 19.3 Å². The highest BCUT2D eigenvalue weighted by molar-refractivity contribution is 8.18. The van der Waals surface area contributed by atoms with E-state index in [9.17, 15) is 23.2 Å². The summed E-state index contributed by atoms with van der Waals surface area (Å²) < 4.78 is 26.5. The maximum absolute atomic E-state index is 13.6. The van der Waals surface area contributed by atoms with Crippen molar-refractivity contribution >= 4 is 34.9 Å². The maximum atomic E-state index is 13.6. The van der Waals surface area contributed by atoms with Gasteiger partial charge in [0.25, 0.3) is 17.1 Å². The molecule has 3 rings (SSSR count). The van der Waals surface area contributed by atoms with Gasteiger partial charge in [-0.1, -0.05) is 24.3 Å². The third-order valence-corrected chi connectivity index (χ3v) is 4.69. The van der Waals surface area contributed by atoms with E-state index in [0.717, 1.165) is 16.7 Å². The molecule has 0 atom stereocenters. The van der Waals surface area contributed by atoms with Gasteiger partial charge in [-0.25, -0.2) is 8.78 Å². The second-order valence-electron chi connectivity index (χ2n) is 5.62. The topological polar surface area (TPSA) is 66.5 Å². The summed E-state index contributed by atoms with van der Waals surface area (Å²) in [5.41, 5.74) is 0.484. The molecule has 0 unspecified atom stereocenters. The van der Waals surface area contributed by atoms with Crippen molar-refractivity contribution in [1.29, 1.82) is 0 Å². The Morgan fingerprint density at radius 1 is 1.07 bits per heavy atom. The quantitative estimate of drug-likeness (QED) is 0.797. The number of carbonyl (C=O) groups excluding carboxylic acids is 3. The molecule has 0 saturated carbocycles. The molecule has 2 aromatic carbocycles. The lowest BCUT2D eigenvalue weighted by molar-refractivity contribution is -0.122. The SMILES string of the molecule is O=C(NCCN1C(=O)SC(=Cc2ccc(F)cc2)C1=O)c1ccccc1F. The minimum absolute atomic E-state index is 0.00492. The fourth-order valence-electron chi connectivity index (χ4n) is 2.42. The molecule has 138 valence electrons. The average Bonchev–Trinajstić information content (AvgIpc) is 2.91. The summed E-state index contributed by atoms with van der Waals surface area (Å²) in [5.74, 6) is -2.16. The first-order valence-corrected chi connectivity index (χ1v) is 8.81. The molecule has 0 bridgehead atoms. The van der Waals surface area contributed by atoms with Crippen LogP contribution in [0, 0.1) is 11.6 Å². The maximum Gasteiger partial charge on any atom is 0.293 e. The van der Waals surface area contributed by atoms with Gasteiger partial charge in [-0.05, 0) is 47.7 Å². The Balaban J connectivity index is 1.60. The molecule has 1 heterocycles. The number of hydrogen-bond acceptors (Lipinski definition) is 4. The van der Waals surface area contributed by atoms with E-state index < -0.39 is 28.7 Å². The largest absolute Gasteiger partial charge is 0.350 e. The number of rotatable bonds is 5. The van der Waals surface area contributed by atoms with Crippen LogP contribution in [0.2, 0.25) is 0 Å². The molecule has 0 radical (unpaired) electrons. The van der Waals surface area contributed by atoms with Crippen LogP contribution in [0.1, 0.15) is 15.9 Å². The van der Waals surface area contributed by atoms with Crippen molar-refractivity contribution in [2.24, 2.45) is 0 Å². The number of halogens is 2. The van der Waals surface area contributed by atoms with E-state index in [1.165, 1.54) is 54.6 Å². The Bertz CT molecular complexity index is 929. The van der Waals surface area contributed by atoms with Gasteiger partial charge in [-0.15, -0.1) is 0 Å². The lowest BCUT2D eigenvalue weighted by atomic mass is 10.2. The number of thioether (sulfide) groups is 1. The van der Waals surface area contributed by atoms with E-state index in [1.54, 1.807) is 0 Å². The van der Waals surface area contributed by atoms with Crippen LogP contribution >= 0.6 is 11.8 Å². The van der Waals surface area contributed by atoms with Gasteiger partial charge in [0, 0.05) is 13.1 Å². The molecule has 27 heavy (non-hydrogen) atoms. The van der Waals surface area contributed by atoms with Crippen LogP contribution in [0.25, 0.3) is 6.08 Å². The molecule has 3 amide bonds. The molecular weight excluding hydrogens is 374 g/mol. The van der Waals surface area contributed by atoms with Crippen molar-refractivity contribution in [1.82, 2.24) is 10.2 Å². The van der Waals surface area contributed by atoms with Gasteiger partial charge >= 0.3 is 0 Å². The van der Waals surface area contributed by atoms with Crippen molar-refractivity contribution in [2.45, 2.75) is 0 Å². The zero-order valence-electron chi connectivity index (χ0n) is 13.9. The summed E-state index contributed by atoms with van der Waals surface area (Å²) in [4.78, 5) is 37.6. The third-order valence-electron chi connectivity index (χ3n) is 3.78. The molecule has 1 fully saturated rings. The Hall–Kier alpha value is -3.00. The lowest BCUT2D eigenvalue weighted by Crippen LogP contribution is -2.37. The molecule has 1 aliphatic rings. The first-order valence-electron chi connectivity index (χ1n) is 7.99. The number of carbonyl (C=O) groups is 3. The Morgan fingerprint density at radius 2 is 1.78 bits per heavy atom. The average molecular weight is 388 g/mol. The summed E-state index contributed by atoms with van der Waals surface area (Å²) in [7, 11) is 0. The van der Waals surface area contributed by atoms with Crippen LogP contribution in [-0.2, 0) is 4.79 Å². The van der Waals surface area contributed by atoms with Gasteiger partial charge in [0.15, 0.2) is 0 Å². The monoisotopic (exact) mass is 388 g/mol. The lowest BCUT2D eigenvalue weighted by Gasteiger charge is -2.13. The summed E-state index contributed by atoms with van der Waals surface area (Å²) in [6.07, 6.45) is 1.50. The minimum atomic E-state index is -0.650. The number of nitrogens with zero attached hydrogens (tertiary/aromatic N) is 1. The van der Waals surface area contributed by atoms with Gasteiger partial charge in [0.2, 0.25) is 0 Å². The third kappa shape index (κ3) is 4.40. The molecule has 1 aliphatic heterocycles. The molecule has 1 saturated heterocycles. The smallest absolute Gasteiger partial charge is 0.293 e. The van der Waals surface area contributed by atoms with Crippen LogP contribution in [0.3, 0.4) is 0 Å². The molecule has 1 N–H and O–H groups in total. The fraction of sp³-hybridized carbons (Fsp3) is 0.105. The number of benzene rings is 2. The van der Waals surface area contributed by atoms with Gasteiger partial charge in [0.1, 0.15) is 11.6 Å². The first-order chi connectivity index (χ1) is 13.0. The number of hydrogen-bond donors (Lipinski definition) is 1. The molecule has 2 aromatic rings. The molecule has 0 aliphatic carbocycles. The predicted molar refractivity (Wildman–Crippen MR) is 97.8 cm³/mol. The van der Waals surface area contributed by atoms with Crippen molar-refractivity contribution in [2.75, 3.05) is 13.1 Å². The first kappa shape index (κ1) is 18.8. The van der Waals surface area contributed by atoms with E-state index in [2.05, 4.69) is 5.32 Å². The summed E-state index contributed by atoms with van der Waals surface area (Å²) in [6.45, 7) is -0.0410. The number of amides is 3. The standard InChI is InChI=1S/C19H14F2N2O3S/c20-13-7-5-12(6-8-13)11-16-18(25)23(19(26)27-16)10-9-22-17(24)14-3-1-2-4-15(14)21/h1-8,11H,9-10H2,(H,22,24). The molecule has 0 spiro atoms. The van der Waals surface area contributed by atoms with Crippen molar-refractivity contribution in [3.8, 4) is 0 Å². The van der Waals surface area contributed by atoms with Crippen LogP contribution in [0.15, 0.2) is 53.4 Å². The summed E-state index contributed by atoms with van der Waals surface area (Å²) in [6, 6.07) is 11.0.